The Morgan fingerprint density at radius 2 is 2.06 bits per heavy atom. The van der Waals surface area contributed by atoms with Gasteiger partial charge in [0.25, 0.3) is 0 Å². The maximum atomic E-state index is 11.3. The number of hydrogen-bond acceptors (Lipinski definition) is 6. The van der Waals surface area contributed by atoms with Gasteiger partial charge in [-0.3, -0.25) is 4.79 Å². The molecule has 0 aromatic carbocycles. The molecule has 1 aliphatic carbocycles. The summed E-state index contributed by atoms with van der Waals surface area (Å²) < 4.78 is 4.75. The topological polar surface area (TPSA) is 78.1 Å². The first kappa shape index (κ1) is 11.3. The van der Waals surface area contributed by atoms with E-state index in [0.717, 1.165) is 30.7 Å². The molecule has 5 nitrogen and oxygen atoms in total. The third-order valence-electron chi connectivity index (χ3n) is 3.07. The number of anilines is 1. The molecule has 0 spiro atoms. The zero-order valence-corrected chi connectivity index (χ0v) is 10.00. The summed E-state index contributed by atoms with van der Waals surface area (Å²) in [5, 5.41) is 9.39. The monoisotopic (exact) mass is 241 g/mol. The number of carbonyl (C=O) groups excluding carboxylic acids is 1. The number of nitrogen functional groups attached to an aromatic ring is 1. The quantitative estimate of drug-likeness (QED) is 0.795. The number of rotatable bonds is 2. The van der Waals surface area contributed by atoms with Gasteiger partial charge in [-0.1, -0.05) is 11.3 Å². The van der Waals surface area contributed by atoms with Gasteiger partial charge in [-0.05, 0) is 25.7 Å². The molecule has 0 atom stereocenters. The number of carbonyl (C=O) groups is 1. The highest BCUT2D eigenvalue weighted by molar-refractivity contribution is 7.15. The number of nitrogens with zero attached hydrogens (tertiary/aromatic N) is 2. The summed E-state index contributed by atoms with van der Waals surface area (Å²) in [6.07, 6.45) is 3.68. The molecular weight excluding hydrogens is 226 g/mol. The van der Waals surface area contributed by atoms with E-state index in [2.05, 4.69) is 10.2 Å². The Bertz CT molecular complexity index is 372. The van der Waals surface area contributed by atoms with Gasteiger partial charge in [0.2, 0.25) is 5.13 Å². The van der Waals surface area contributed by atoms with E-state index >= 15 is 0 Å². The zero-order chi connectivity index (χ0) is 11.5. The van der Waals surface area contributed by atoms with Gasteiger partial charge < -0.3 is 10.5 Å². The van der Waals surface area contributed by atoms with E-state index < -0.39 is 0 Å². The fourth-order valence-corrected chi connectivity index (χ4v) is 2.93. The number of nitrogens with two attached hydrogens (primary N) is 1. The summed E-state index contributed by atoms with van der Waals surface area (Å²) >= 11 is 1.45. The summed E-state index contributed by atoms with van der Waals surface area (Å²) in [6, 6.07) is 0. The highest BCUT2D eigenvalue weighted by Crippen LogP contribution is 2.37. The number of ether oxygens (including phenoxy) is 1. The second-order valence-electron chi connectivity index (χ2n) is 4.05. The summed E-state index contributed by atoms with van der Waals surface area (Å²) in [5.41, 5.74) is 5.55. The molecular formula is C10H15N3O2S. The van der Waals surface area contributed by atoms with Crippen molar-refractivity contribution in [3.8, 4) is 0 Å². The molecule has 0 saturated heterocycles. The van der Waals surface area contributed by atoms with E-state index in [-0.39, 0.29) is 11.9 Å². The van der Waals surface area contributed by atoms with Crippen LogP contribution in [0.1, 0.15) is 36.6 Å². The Morgan fingerprint density at radius 3 is 2.56 bits per heavy atom. The van der Waals surface area contributed by atoms with E-state index in [0.29, 0.717) is 11.0 Å². The molecule has 0 unspecified atom stereocenters. The Morgan fingerprint density at radius 1 is 1.38 bits per heavy atom. The Hall–Kier alpha value is -1.17. The number of esters is 1. The molecule has 1 saturated carbocycles. The second kappa shape index (κ2) is 4.78. The summed E-state index contributed by atoms with van der Waals surface area (Å²) in [6.45, 7) is 0. The first-order chi connectivity index (χ1) is 7.70. The number of hydrogen-bond donors (Lipinski definition) is 1. The van der Waals surface area contributed by atoms with Crippen molar-refractivity contribution in [2.45, 2.75) is 31.6 Å². The van der Waals surface area contributed by atoms with Crippen molar-refractivity contribution in [3.05, 3.63) is 5.01 Å². The molecule has 2 rings (SSSR count). The first-order valence-electron chi connectivity index (χ1n) is 5.37. The normalized spacial score (nSPS) is 25.3. The Labute approximate surface area is 98.0 Å². The molecule has 1 fully saturated rings. The van der Waals surface area contributed by atoms with Gasteiger partial charge in [-0.25, -0.2) is 0 Å². The van der Waals surface area contributed by atoms with Crippen LogP contribution in [-0.2, 0) is 9.53 Å². The van der Waals surface area contributed by atoms with Crippen LogP contribution in [0.25, 0.3) is 0 Å². The molecule has 1 heterocycles. The molecule has 16 heavy (non-hydrogen) atoms. The third-order valence-corrected chi connectivity index (χ3v) is 3.98. The highest BCUT2D eigenvalue weighted by atomic mass is 32.1. The molecule has 1 aromatic heterocycles. The fourth-order valence-electron chi connectivity index (χ4n) is 2.15. The van der Waals surface area contributed by atoms with Gasteiger partial charge in [0.05, 0.1) is 13.0 Å². The van der Waals surface area contributed by atoms with Crippen molar-refractivity contribution in [3.63, 3.8) is 0 Å². The van der Waals surface area contributed by atoms with E-state index in [1.165, 1.54) is 18.4 Å². The van der Waals surface area contributed by atoms with Gasteiger partial charge >= 0.3 is 5.97 Å². The van der Waals surface area contributed by atoms with Crippen molar-refractivity contribution in [2.24, 2.45) is 5.92 Å². The Kier molecular flexibility index (Phi) is 3.38. The van der Waals surface area contributed by atoms with Crippen molar-refractivity contribution in [1.29, 1.82) is 0 Å². The van der Waals surface area contributed by atoms with Crippen LogP contribution in [0.3, 0.4) is 0 Å². The van der Waals surface area contributed by atoms with Gasteiger partial charge in [-0.15, -0.1) is 10.2 Å². The molecule has 0 bridgehead atoms. The predicted octanol–water partition coefficient (Wildman–Crippen LogP) is 1.57. The smallest absolute Gasteiger partial charge is 0.308 e. The van der Waals surface area contributed by atoms with Crippen LogP contribution in [0.2, 0.25) is 0 Å². The molecule has 6 heteroatoms. The zero-order valence-electron chi connectivity index (χ0n) is 9.18. The first-order valence-corrected chi connectivity index (χ1v) is 6.19. The second-order valence-corrected chi connectivity index (χ2v) is 5.09. The highest BCUT2D eigenvalue weighted by Gasteiger charge is 2.29. The molecule has 0 radical (unpaired) electrons. The standard InChI is InChI=1S/C10H15N3O2S/c1-15-9(14)7-4-2-6(3-5-7)8-12-13-10(11)16-8/h6-7H,2-5H2,1H3,(H2,11,13)/t6-,7-. The minimum Gasteiger partial charge on any atom is -0.469 e. The fraction of sp³-hybridized carbons (Fsp3) is 0.700. The van der Waals surface area contributed by atoms with Crippen molar-refractivity contribution >= 4 is 22.4 Å². The molecule has 0 amide bonds. The lowest BCUT2D eigenvalue weighted by Crippen LogP contribution is -2.22. The molecule has 88 valence electrons. The minimum atomic E-state index is -0.0878. The Balaban J connectivity index is 1.92. The van der Waals surface area contributed by atoms with Gasteiger partial charge in [0, 0.05) is 5.92 Å². The van der Waals surface area contributed by atoms with Crippen molar-refractivity contribution in [1.82, 2.24) is 10.2 Å². The van der Waals surface area contributed by atoms with E-state index in [1.54, 1.807) is 0 Å². The summed E-state index contributed by atoms with van der Waals surface area (Å²) in [5.74, 6) is 0.387. The minimum absolute atomic E-state index is 0.0616. The lowest BCUT2D eigenvalue weighted by molar-refractivity contribution is -0.146. The van der Waals surface area contributed by atoms with Crippen LogP contribution >= 0.6 is 11.3 Å². The van der Waals surface area contributed by atoms with E-state index in [9.17, 15) is 4.79 Å². The van der Waals surface area contributed by atoms with E-state index in [1.807, 2.05) is 0 Å². The summed E-state index contributed by atoms with van der Waals surface area (Å²) in [4.78, 5) is 11.3. The third kappa shape index (κ3) is 2.32. The maximum Gasteiger partial charge on any atom is 0.308 e. The maximum absolute atomic E-state index is 11.3. The average molecular weight is 241 g/mol. The SMILES string of the molecule is COC(=O)[C@H]1CC[C@H](c2nnc(N)s2)CC1. The molecule has 2 N–H and O–H groups in total. The van der Waals surface area contributed by atoms with Crippen molar-refractivity contribution in [2.75, 3.05) is 12.8 Å². The molecule has 0 aliphatic heterocycles. The molecule has 1 aromatic rings. The van der Waals surface area contributed by atoms with Gasteiger partial charge in [0.15, 0.2) is 0 Å². The van der Waals surface area contributed by atoms with Crippen molar-refractivity contribution < 1.29 is 9.53 Å². The molecule has 1 aliphatic rings. The lowest BCUT2D eigenvalue weighted by atomic mass is 9.82. The van der Waals surface area contributed by atoms with Crippen LogP contribution in [-0.4, -0.2) is 23.3 Å². The summed E-state index contributed by atoms with van der Waals surface area (Å²) in [7, 11) is 1.44. The average Bonchev–Trinajstić information content (AvgIpc) is 2.75. The van der Waals surface area contributed by atoms with Crippen LogP contribution in [0.15, 0.2) is 0 Å². The van der Waals surface area contributed by atoms with Crippen LogP contribution < -0.4 is 5.73 Å². The largest absolute Gasteiger partial charge is 0.469 e. The number of methoxy groups -OCH3 is 1. The van der Waals surface area contributed by atoms with Gasteiger partial charge in [-0.2, -0.15) is 0 Å². The van der Waals surface area contributed by atoms with E-state index in [4.69, 9.17) is 10.5 Å². The van der Waals surface area contributed by atoms with Gasteiger partial charge in [0.1, 0.15) is 5.01 Å². The van der Waals surface area contributed by atoms with Crippen LogP contribution in [0.4, 0.5) is 5.13 Å². The van der Waals surface area contributed by atoms with Crippen LogP contribution in [0, 0.1) is 5.92 Å². The lowest BCUT2D eigenvalue weighted by Gasteiger charge is -2.24. The predicted molar refractivity (Wildman–Crippen MR) is 61.0 cm³/mol. The van der Waals surface area contributed by atoms with Crippen LogP contribution in [0.5, 0.6) is 0 Å². The number of aromatic nitrogens is 2.